The van der Waals surface area contributed by atoms with Crippen LogP contribution in [0.4, 0.5) is 0 Å². The van der Waals surface area contributed by atoms with E-state index in [1.165, 1.54) is 0 Å². The van der Waals surface area contributed by atoms with Crippen LogP contribution in [0.5, 0.6) is 0 Å². The van der Waals surface area contributed by atoms with E-state index in [0.29, 0.717) is 6.10 Å². The minimum Gasteiger partial charge on any atom is -0.390 e. The lowest BCUT2D eigenvalue weighted by Crippen LogP contribution is -2.40. The second-order valence-corrected chi connectivity index (χ2v) is 4.68. The van der Waals surface area contributed by atoms with Crippen molar-refractivity contribution >= 4 is 0 Å². The Bertz CT molecular complexity index is 140. The van der Waals surface area contributed by atoms with Crippen LogP contribution < -0.4 is 0 Å². The van der Waals surface area contributed by atoms with Gasteiger partial charge < -0.3 is 9.84 Å². The van der Waals surface area contributed by atoms with Crippen LogP contribution in [0.25, 0.3) is 0 Å². The topological polar surface area (TPSA) is 32.8 Å². The number of ether oxygens (including phenoxy) is 1. The van der Waals surface area contributed by atoms with Gasteiger partial charge in [0.05, 0.1) is 18.3 Å². The van der Waals surface area contributed by atoms with E-state index in [0.717, 1.165) is 13.0 Å². The van der Waals surface area contributed by atoms with Crippen LogP contribution in [-0.4, -0.2) is 23.4 Å². The first-order valence-corrected chi connectivity index (χ1v) is 4.17. The number of rotatable bonds is 2. The van der Waals surface area contributed by atoms with E-state index in [9.17, 15) is 5.11 Å². The van der Waals surface area contributed by atoms with Gasteiger partial charge in [0.25, 0.3) is 0 Å². The Morgan fingerprint density at radius 1 is 1.36 bits per heavy atom. The zero-order valence-corrected chi connectivity index (χ0v) is 7.85. The molecule has 0 saturated carbocycles. The smallest absolute Gasteiger partial charge is 0.0837 e. The monoisotopic (exact) mass is 158 g/mol. The van der Waals surface area contributed by atoms with Gasteiger partial charge in [0, 0.05) is 6.42 Å². The van der Waals surface area contributed by atoms with Gasteiger partial charge in [-0.05, 0) is 12.3 Å². The van der Waals surface area contributed by atoms with Crippen LogP contribution in [0, 0.1) is 5.41 Å². The number of aliphatic hydroxyl groups is 1. The fraction of sp³-hybridized carbons (Fsp3) is 1.00. The van der Waals surface area contributed by atoms with Crippen molar-refractivity contribution in [3.05, 3.63) is 0 Å². The van der Waals surface area contributed by atoms with Gasteiger partial charge in [0.15, 0.2) is 0 Å². The highest BCUT2D eigenvalue weighted by Gasteiger charge is 2.40. The lowest BCUT2D eigenvalue weighted by atomic mass is 9.75. The highest BCUT2D eigenvalue weighted by molar-refractivity contribution is 4.91. The number of hydrogen-bond donors (Lipinski definition) is 1. The van der Waals surface area contributed by atoms with Crippen molar-refractivity contribution in [2.45, 2.75) is 45.8 Å². The molecule has 0 aromatic carbocycles. The fourth-order valence-electron chi connectivity index (χ4n) is 0.935. The molecular formula is C9H18O2. The minimum absolute atomic E-state index is 0.0566. The molecule has 11 heavy (non-hydrogen) atoms. The molecule has 2 heteroatoms. The van der Waals surface area contributed by atoms with Gasteiger partial charge in [-0.15, -0.1) is 0 Å². The van der Waals surface area contributed by atoms with Crippen molar-refractivity contribution in [2.24, 2.45) is 5.41 Å². The summed E-state index contributed by atoms with van der Waals surface area (Å²) in [6.07, 6.45) is 1.07. The summed E-state index contributed by atoms with van der Waals surface area (Å²) in [5.74, 6) is 0. The average molecular weight is 158 g/mol. The van der Waals surface area contributed by atoms with Crippen molar-refractivity contribution in [3.8, 4) is 0 Å². The lowest BCUT2D eigenvalue weighted by Gasteiger charge is -2.36. The zero-order chi connectivity index (χ0) is 8.70. The molecule has 0 amide bonds. The Morgan fingerprint density at radius 3 is 2.09 bits per heavy atom. The van der Waals surface area contributed by atoms with Crippen LogP contribution in [0.2, 0.25) is 0 Å². The summed E-state index contributed by atoms with van der Waals surface area (Å²) in [5.41, 5.74) is -0.660. The van der Waals surface area contributed by atoms with Gasteiger partial charge in [-0.25, -0.2) is 0 Å². The standard InChI is InChI=1S/C9H18O2/c1-8(2,3)9(4,10)5-7-6-11-7/h7,10H,5-6H2,1-4H3/t7-,9+/m0/s1. The molecule has 1 heterocycles. The Hall–Kier alpha value is -0.0800. The molecule has 2 nitrogen and oxygen atoms in total. The summed E-state index contributed by atoms with van der Waals surface area (Å²) in [4.78, 5) is 0. The molecule has 1 saturated heterocycles. The van der Waals surface area contributed by atoms with Gasteiger partial charge in [-0.1, -0.05) is 20.8 Å². The molecule has 0 aromatic rings. The predicted molar refractivity (Wildman–Crippen MR) is 44.4 cm³/mol. The van der Waals surface area contributed by atoms with E-state index >= 15 is 0 Å². The molecule has 1 fully saturated rings. The number of epoxide rings is 1. The van der Waals surface area contributed by atoms with Gasteiger partial charge in [0.2, 0.25) is 0 Å². The molecule has 1 aliphatic heterocycles. The summed E-state index contributed by atoms with van der Waals surface area (Å²) < 4.78 is 5.08. The third-order valence-corrected chi connectivity index (χ3v) is 2.64. The molecule has 0 radical (unpaired) electrons. The third-order valence-electron chi connectivity index (χ3n) is 2.64. The highest BCUT2D eigenvalue weighted by atomic mass is 16.6. The molecule has 1 rings (SSSR count). The Labute approximate surface area is 68.6 Å². The molecule has 66 valence electrons. The van der Waals surface area contributed by atoms with Crippen molar-refractivity contribution in [1.29, 1.82) is 0 Å². The quantitative estimate of drug-likeness (QED) is 0.619. The first-order chi connectivity index (χ1) is 4.83. The summed E-state index contributed by atoms with van der Waals surface area (Å²) >= 11 is 0. The van der Waals surface area contributed by atoms with Crippen molar-refractivity contribution in [1.82, 2.24) is 0 Å². The SMILES string of the molecule is CC(C)(C)[C@](C)(O)C[C@H]1CO1. The van der Waals surface area contributed by atoms with Crippen LogP contribution in [0.15, 0.2) is 0 Å². The van der Waals surface area contributed by atoms with E-state index in [-0.39, 0.29) is 5.41 Å². The molecular weight excluding hydrogens is 140 g/mol. The van der Waals surface area contributed by atoms with Gasteiger partial charge in [-0.2, -0.15) is 0 Å². The summed E-state index contributed by atoms with van der Waals surface area (Å²) in [6.45, 7) is 8.86. The predicted octanol–water partition coefficient (Wildman–Crippen LogP) is 1.57. The van der Waals surface area contributed by atoms with E-state index in [1.54, 1.807) is 0 Å². The first kappa shape index (κ1) is 9.01. The van der Waals surface area contributed by atoms with Crippen molar-refractivity contribution < 1.29 is 9.84 Å². The molecule has 1 N–H and O–H groups in total. The largest absolute Gasteiger partial charge is 0.390 e. The minimum atomic E-state index is -0.603. The molecule has 0 unspecified atom stereocenters. The maximum atomic E-state index is 9.98. The van der Waals surface area contributed by atoms with Gasteiger partial charge in [-0.3, -0.25) is 0 Å². The zero-order valence-electron chi connectivity index (χ0n) is 7.85. The molecule has 1 aliphatic rings. The molecule has 0 bridgehead atoms. The second kappa shape index (κ2) is 2.46. The molecule has 0 spiro atoms. The van der Waals surface area contributed by atoms with E-state index < -0.39 is 5.60 Å². The first-order valence-electron chi connectivity index (χ1n) is 4.17. The molecule has 0 aromatic heterocycles. The molecule has 2 atom stereocenters. The van der Waals surface area contributed by atoms with Gasteiger partial charge in [0.1, 0.15) is 0 Å². The summed E-state index contributed by atoms with van der Waals surface area (Å²) in [6, 6.07) is 0. The van der Waals surface area contributed by atoms with E-state index in [2.05, 4.69) is 20.8 Å². The normalized spacial score (nSPS) is 29.7. The summed E-state index contributed by atoms with van der Waals surface area (Å²) in [5, 5.41) is 9.98. The molecule has 0 aliphatic carbocycles. The third kappa shape index (κ3) is 2.17. The van der Waals surface area contributed by atoms with E-state index in [1.807, 2.05) is 6.92 Å². The number of hydrogen-bond acceptors (Lipinski definition) is 2. The second-order valence-electron chi connectivity index (χ2n) is 4.68. The van der Waals surface area contributed by atoms with E-state index in [4.69, 9.17) is 4.74 Å². The van der Waals surface area contributed by atoms with Crippen LogP contribution in [0.3, 0.4) is 0 Å². The fourth-order valence-corrected chi connectivity index (χ4v) is 0.935. The van der Waals surface area contributed by atoms with Gasteiger partial charge >= 0.3 is 0 Å². The van der Waals surface area contributed by atoms with Crippen molar-refractivity contribution in [2.75, 3.05) is 6.61 Å². The lowest BCUT2D eigenvalue weighted by molar-refractivity contribution is -0.0525. The Balaban J connectivity index is 2.49. The maximum absolute atomic E-state index is 9.98. The van der Waals surface area contributed by atoms with Crippen LogP contribution in [0.1, 0.15) is 34.1 Å². The van der Waals surface area contributed by atoms with Crippen LogP contribution in [-0.2, 0) is 4.74 Å². The summed E-state index contributed by atoms with van der Waals surface area (Å²) in [7, 11) is 0. The Morgan fingerprint density at radius 2 is 1.82 bits per heavy atom. The van der Waals surface area contributed by atoms with Crippen LogP contribution >= 0.6 is 0 Å². The van der Waals surface area contributed by atoms with Crippen molar-refractivity contribution in [3.63, 3.8) is 0 Å². The Kier molecular flexibility index (Phi) is 2.01. The average Bonchev–Trinajstić information content (AvgIpc) is 2.45. The highest BCUT2D eigenvalue weighted by Crippen LogP contribution is 2.36. The maximum Gasteiger partial charge on any atom is 0.0837 e.